The molecule has 1 aromatic carbocycles. The van der Waals surface area contributed by atoms with Gasteiger partial charge in [0.15, 0.2) is 5.69 Å². The number of piperazine rings is 1. The zero-order valence-corrected chi connectivity index (χ0v) is 21.9. The maximum atomic E-state index is 13.6. The molecule has 0 spiro atoms. The number of alkyl halides is 3. The molecule has 2 fully saturated rings. The summed E-state index contributed by atoms with van der Waals surface area (Å²) >= 11 is 0. The lowest BCUT2D eigenvalue weighted by Gasteiger charge is -2.35. The molecule has 3 aromatic rings. The van der Waals surface area contributed by atoms with Crippen molar-refractivity contribution in [1.82, 2.24) is 14.9 Å². The van der Waals surface area contributed by atoms with E-state index in [1.165, 1.54) is 18.3 Å². The van der Waals surface area contributed by atoms with Crippen LogP contribution in [0.3, 0.4) is 0 Å². The smallest absolute Gasteiger partial charge is 0.417 e. The van der Waals surface area contributed by atoms with E-state index < -0.39 is 23.5 Å². The molecule has 0 atom stereocenters. The molecule has 0 saturated carbocycles. The highest BCUT2D eigenvalue weighted by atomic mass is 19.4. The van der Waals surface area contributed by atoms with Crippen LogP contribution in [0.2, 0.25) is 0 Å². The van der Waals surface area contributed by atoms with Crippen molar-refractivity contribution in [3.63, 3.8) is 0 Å². The molecule has 4 heterocycles. The molecule has 2 aromatic heterocycles. The van der Waals surface area contributed by atoms with E-state index in [2.05, 4.69) is 25.8 Å². The first-order valence-corrected chi connectivity index (χ1v) is 13.1. The number of aromatic nitrogens is 2. The molecule has 15 heteroatoms. The second kappa shape index (κ2) is 11.8. The third-order valence-corrected chi connectivity index (χ3v) is 6.86. The minimum atomic E-state index is -4.86. The van der Waals surface area contributed by atoms with Crippen molar-refractivity contribution in [2.75, 3.05) is 59.7 Å². The second-order valence-corrected chi connectivity index (χ2v) is 9.59. The third kappa shape index (κ3) is 6.39. The van der Waals surface area contributed by atoms with Gasteiger partial charge in [0, 0.05) is 39.3 Å². The monoisotopic (exact) mass is 572 g/mol. The van der Waals surface area contributed by atoms with Gasteiger partial charge in [-0.2, -0.15) is 18.2 Å². The van der Waals surface area contributed by atoms with Gasteiger partial charge in [0.2, 0.25) is 5.76 Å². The molecule has 41 heavy (non-hydrogen) atoms. The Hall–Kier alpha value is -4.69. The van der Waals surface area contributed by atoms with Crippen molar-refractivity contribution < 1.29 is 27.2 Å². The van der Waals surface area contributed by atoms with E-state index >= 15 is 0 Å². The Morgan fingerprint density at radius 3 is 2.29 bits per heavy atom. The zero-order chi connectivity index (χ0) is 29.0. The van der Waals surface area contributed by atoms with E-state index in [-0.39, 0.29) is 23.4 Å². The maximum Gasteiger partial charge on any atom is 0.437 e. The zero-order valence-electron chi connectivity index (χ0n) is 21.9. The molecule has 2 aliphatic rings. The molecule has 2 N–H and O–H groups in total. The van der Waals surface area contributed by atoms with Crippen molar-refractivity contribution >= 4 is 40.8 Å². The lowest BCUT2D eigenvalue weighted by Crippen LogP contribution is -2.50. The maximum absolute atomic E-state index is 13.6. The van der Waals surface area contributed by atoms with E-state index in [4.69, 9.17) is 4.42 Å². The molecule has 0 radical (unpaired) electrons. The molecule has 12 nitrogen and oxygen atoms in total. The summed E-state index contributed by atoms with van der Waals surface area (Å²) in [5.74, 6) is -1.40. The van der Waals surface area contributed by atoms with Crippen LogP contribution < -0.4 is 20.4 Å². The average Bonchev–Trinajstić information content (AvgIpc) is 3.45. The van der Waals surface area contributed by atoms with Crippen LogP contribution in [-0.2, 0) is 6.18 Å². The lowest BCUT2D eigenvalue weighted by molar-refractivity contribution is -0.141. The number of rotatable bonds is 6. The molecule has 0 unspecified atom stereocenters. The number of para-hydroxylation sites is 1. The number of benzene rings is 1. The minimum absolute atomic E-state index is 0.135. The van der Waals surface area contributed by atoms with Crippen LogP contribution >= 0.6 is 0 Å². The van der Waals surface area contributed by atoms with Crippen LogP contribution in [-0.4, -0.2) is 66.1 Å². The SMILES string of the molecule is O=Nc1ccccc1NC(=O)N1CCN(c2ccc(NC(=O)c3oc(N4CCCCC4)nc3C(F)(F)F)cn2)CC1. The Bertz CT molecular complexity index is 1400. The Morgan fingerprint density at radius 2 is 1.63 bits per heavy atom. The van der Waals surface area contributed by atoms with Gasteiger partial charge < -0.3 is 29.8 Å². The van der Waals surface area contributed by atoms with E-state index in [9.17, 15) is 27.7 Å². The number of halogens is 3. The van der Waals surface area contributed by atoms with Crippen molar-refractivity contribution in [3.05, 3.63) is 59.0 Å². The molecule has 5 rings (SSSR count). The Morgan fingerprint density at radius 1 is 0.902 bits per heavy atom. The third-order valence-electron chi connectivity index (χ3n) is 6.86. The minimum Gasteiger partial charge on any atom is -0.417 e. The highest BCUT2D eigenvalue weighted by molar-refractivity contribution is 6.03. The number of hydrogen-bond acceptors (Lipinski definition) is 9. The van der Waals surface area contributed by atoms with E-state index in [0.717, 1.165) is 19.3 Å². The number of piperidine rings is 1. The molecule has 3 amide bonds. The first kappa shape index (κ1) is 27.9. The quantitative estimate of drug-likeness (QED) is 0.390. The van der Waals surface area contributed by atoms with Crippen molar-refractivity contribution in [2.45, 2.75) is 25.4 Å². The summed E-state index contributed by atoms with van der Waals surface area (Å²) in [6.07, 6.45) is -0.941. The number of anilines is 4. The Kier molecular flexibility index (Phi) is 8.03. The fraction of sp³-hybridized carbons (Fsp3) is 0.385. The molecular formula is C26H27F3N8O4. The Labute approximate surface area is 232 Å². The number of oxazole rings is 1. The topological polar surface area (TPSA) is 136 Å². The molecule has 2 saturated heterocycles. The van der Waals surface area contributed by atoms with Gasteiger partial charge >= 0.3 is 12.2 Å². The van der Waals surface area contributed by atoms with Crippen molar-refractivity contribution in [2.24, 2.45) is 5.18 Å². The van der Waals surface area contributed by atoms with Gasteiger partial charge in [0.05, 0.1) is 17.6 Å². The fourth-order valence-corrected chi connectivity index (χ4v) is 4.70. The summed E-state index contributed by atoms with van der Waals surface area (Å²) in [6.45, 7) is 2.71. The van der Waals surface area contributed by atoms with Crippen LogP contribution in [0.25, 0.3) is 0 Å². The summed E-state index contributed by atoms with van der Waals surface area (Å²) < 4.78 is 46.2. The van der Waals surface area contributed by atoms with Gasteiger partial charge in [-0.3, -0.25) is 4.79 Å². The standard InChI is InChI=1S/C26H27F3N8O4/c27-26(28,29)22-21(41-25(33-22)37-10-4-1-5-11-37)23(38)31-17-8-9-20(30-16-17)35-12-14-36(15-13-35)24(39)32-18-6-2-3-7-19(18)34-40/h2-3,6-9,16H,1,4-5,10-15H2,(H,31,38)(H,32,39). The van der Waals surface area contributed by atoms with Gasteiger partial charge in [0.25, 0.3) is 11.9 Å². The highest BCUT2D eigenvalue weighted by Crippen LogP contribution is 2.35. The molecular weight excluding hydrogens is 545 g/mol. The summed E-state index contributed by atoms with van der Waals surface area (Å²) in [5, 5.41) is 8.01. The Balaban J connectivity index is 1.19. The number of hydrogen-bond donors (Lipinski definition) is 2. The average molecular weight is 573 g/mol. The molecule has 0 aliphatic carbocycles. The second-order valence-electron chi connectivity index (χ2n) is 9.59. The van der Waals surface area contributed by atoms with Crippen molar-refractivity contribution in [1.29, 1.82) is 0 Å². The predicted octanol–water partition coefficient (Wildman–Crippen LogP) is 5.08. The van der Waals surface area contributed by atoms with Crippen molar-refractivity contribution in [3.8, 4) is 0 Å². The molecule has 216 valence electrons. The largest absolute Gasteiger partial charge is 0.437 e. The van der Waals surface area contributed by atoms with Crippen LogP contribution in [0, 0.1) is 4.91 Å². The number of pyridine rings is 1. The number of urea groups is 1. The summed E-state index contributed by atoms with van der Waals surface area (Å²) in [6, 6.07) is 9.01. The number of amides is 3. The van der Waals surface area contributed by atoms with Gasteiger partial charge in [0.1, 0.15) is 11.5 Å². The normalized spacial score (nSPS) is 15.9. The van der Waals surface area contributed by atoms with Crippen LogP contribution in [0.4, 0.5) is 46.9 Å². The van der Waals surface area contributed by atoms with Gasteiger partial charge in [-0.15, -0.1) is 4.91 Å². The molecule has 0 bridgehead atoms. The predicted molar refractivity (Wildman–Crippen MR) is 144 cm³/mol. The summed E-state index contributed by atoms with van der Waals surface area (Å²) in [5.41, 5.74) is -0.725. The van der Waals surface area contributed by atoms with E-state index in [1.807, 2.05) is 4.90 Å². The number of nitroso groups, excluding NO2 is 1. The number of carbonyl (C=O) groups excluding carboxylic acids is 2. The summed E-state index contributed by atoms with van der Waals surface area (Å²) in [7, 11) is 0. The fourth-order valence-electron chi connectivity index (χ4n) is 4.70. The first-order valence-electron chi connectivity index (χ1n) is 13.1. The lowest BCUT2D eigenvalue weighted by atomic mass is 10.1. The van der Waals surface area contributed by atoms with Gasteiger partial charge in [-0.05, 0) is 48.7 Å². The summed E-state index contributed by atoms with van der Waals surface area (Å²) in [4.78, 5) is 49.4. The van der Waals surface area contributed by atoms with Crippen LogP contribution in [0.1, 0.15) is 35.5 Å². The number of nitrogens with one attached hydrogen (secondary N) is 2. The van der Waals surface area contributed by atoms with E-state index in [1.54, 1.807) is 34.1 Å². The van der Waals surface area contributed by atoms with Gasteiger partial charge in [-0.1, -0.05) is 12.1 Å². The van der Waals surface area contributed by atoms with Crippen LogP contribution in [0.5, 0.6) is 0 Å². The highest BCUT2D eigenvalue weighted by Gasteiger charge is 2.42. The van der Waals surface area contributed by atoms with Crippen LogP contribution in [0.15, 0.2) is 52.2 Å². The molecule has 2 aliphatic heterocycles. The first-order chi connectivity index (χ1) is 19.7. The van der Waals surface area contributed by atoms with Gasteiger partial charge in [-0.25, -0.2) is 9.78 Å². The van der Waals surface area contributed by atoms with E-state index in [0.29, 0.717) is 50.8 Å². The number of nitrogens with zero attached hydrogens (tertiary/aromatic N) is 6. The number of carbonyl (C=O) groups is 2.